The highest BCUT2D eigenvalue weighted by molar-refractivity contribution is 6.31. The van der Waals surface area contributed by atoms with Crippen molar-refractivity contribution in [2.24, 2.45) is 15.7 Å². The van der Waals surface area contributed by atoms with Crippen LogP contribution in [0, 0.1) is 11.6 Å². The summed E-state index contributed by atoms with van der Waals surface area (Å²) in [7, 11) is 0. The SMILES string of the molecule is CCCNCCN=C(N)NC(=O)c1ccc(Nc2ncc3c(n2)-c2ccc(Cl)cc2C(c2c(F)cccc2F)=NC3)cc1. The molecular formula is C31H29ClF2N8O. The van der Waals surface area contributed by atoms with Crippen molar-refractivity contribution in [2.45, 2.75) is 19.9 Å². The van der Waals surface area contributed by atoms with E-state index in [1.54, 1.807) is 48.7 Å². The molecule has 0 spiro atoms. The second-order valence-electron chi connectivity index (χ2n) is 9.69. The lowest BCUT2D eigenvalue weighted by atomic mass is 9.95. The number of hydrogen-bond acceptors (Lipinski definition) is 7. The molecule has 2 heterocycles. The number of nitrogens with zero attached hydrogens (tertiary/aromatic N) is 4. The Morgan fingerprint density at radius 1 is 1.05 bits per heavy atom. The number of guanidine groups is 1. The normalized spacial score (nSPS) is 12.6. The van der Waals surface area contributed by atoms with E-state index in [1.165, 1.54) is 18.2 Å². The quantitative estimate of drug-likeness (QED) is 0.118. The first-order valence-corrected chi connectivity index (χ1v) is 14.1. The molecule has 1 aromatic heterocycles. The van der Waals surface area contributed by atoms with Crippen LogP contribution < -0.4 is 21.7 Å². The van der Waals surface area contributed by atoms with Gasteiger partial charge in [0.25, 0.3) is 5.91 Å². The van der Waals surface area contributed by atoms with Gasteiger partial charge in [0.15, 0.2) is 5.96 Å². The Balaban J connectivity index is 1.34. The molecule has 0 radical (unpaired) electrons. The third kappa shape index (κ3) is 7.02. The average Bonchev–Trinajstić information content (AvgIpc) is 3.14. The third-order valence-electron chi connectivity index (χ3n) is 6.61. The van der Waals surface area contributed by atoms with E-state index in [4.69, 9.17) is 22.3 Å². The molecule has 9 nitrogen and oxygen atoms in total. The molecule has 0 saturated carbocycles. The van der Waals surface area contributed by atoms with Crippen LogP contribution in [0.25, 0.3) is 11.3 Å². The number of carbonyl (C=O) groups is 1. The summed E-state index contributed by atoms with van der Waals surface area (Å²) < 4.78 is 29.6. The first-order chi connectivity index (χ1) is 20.8. The van der Waals surface area contributed by atoms with E-state index in [0.29, 0.717) is 51.7 Å². The monoisotopic (exact) mass is 602 g/mol. The molecule has 0 bridgehead atoms. The molecule has 3 aromatic carbocycles. The molecule has 0 unspecified atom stereocenters. The van der Waals surface area contributed by atoms with Gasteiger partial charge in [-0.2, -0.15) is 0 Å². The van der Waals surface area contributed by atoms with Gasteiger partial charge in [-0.3, -0.25) is 20.1 Å². The van der Waals surface area contributed by atoms with Crippen molar-refractivity contribution in [2.75, 3.05) is 25.0 Å². The van der Waals surface area contributed by atoms with Gasteiger partial charge in [-0.25, -0.2) is 18.7 Å². The Morgan fingerprint density at radius 2 is 1.81 bits per heavy atom. The zero-order chi connectivity index (χ0) is 30.3. The van der Waals surface area contributed by atoms with Gasteiger partial charge in [0.1, 0.15) is 11.6 Å². The van der Waals surface area contributed by atoms with Crippen LogP contribution in [0.5, 0.6) is 0 Å². The van der Waals surface area contributed by atoms with E-state index in [1.807, 2.05) is 0 Å². The lowest BCUT2D eigenvalue weighted by Crippen LogP contribution is -2.37. The number of anilines is 2. The molecule has 220 valence electrons. The highest BCUT2D eigenvalue weighted by Crippen LogP contribution is 2.34. The fourth-order valence-electron chi connectivity index (χ4n) is 4.54. The number of aromatic nitrogens is 2. The largest absolute Gasteiger partial charge is 0.370 e. The number of amides is 1. The molecule has 0 fully saturated rings. The van der Waals surface area contributed by atoms with Crippen LogP contribution in [0.15, 0.2) is 76.8 Å². The molecule has 1 aliphatic heterocycles. The van der Waals surface area contributed by atoms with Crippen molar-refractivity contribution < 1.29 is 13.6 Å². The molecule has 0 atom stereocenters. The Kier molecular flexibility index (Phi) is 9.33. The predicted octanol–water partition coefficient (Wildman–Crippen LogP) is 5.21. The average molecular weight is 603 g/mol. The second-order valence-corrected chi connectivity index (χ2v) is 10.1. The second kappa shape index (κ2) is 13.5. The molecule has 1 aliphatic rings. The van der Waals surface area contributed by atoms with Crippen LogP contribution in [0.1, 0.15) is 40.4 Å². The van der Waals surface area contributed by atoms with E-state index in [-0.39, 0.29) is 35.6 Å². The minimum Gasteiger partial charge on any atom is -0.370 e. The standard InChI is InChI=1S/C31H29ClF2N8O/c1-2-12-36-13-14-37-30(35)42-29(43)18-6-9-21(10-7-18)40-31-39-17-19-16-38-28(26-24(33)4-3-5-25(26)34)23-15-20(32)8-11-22(23)27(19)41-31/h3-11,15,17,36H,2,12-14,16H2,1H3,(H,39,40,41)(H3,35,37,42,43). The first kappa shape index (κ1) is 29.7. The summed E-state index contributed by atoms with van der Waals surface area (Å²) in [5.41, 5.74) is 9.07. The number of fused-ring (bicyclic) bond motifs is 3. The predicted molar refractivity (Wildman–Crippen MR) is 165 cm³/mol. The van der Waals surface area contributed by atoms with E-state index < -0.39 is 11.6 Å². The number of aliphatic imine (C=N–C) groups is 2. The van der Waals surface area contributed by atoms with Crippen LogP contribution in [-0.2, 0) is 6.54 Å². The number of rotatable bonds is 9. The molecule has 4 aromatic rings. The first-order valence-electron chi connectivity index (χ1n) is 13.7. The van der Waals surface area contributed by atoms with Crippen molar-refractivity contribution in [1.29, 1.82) is 0 Å². The highest BCUT2D eigenvalue weighted by Gasteiger charge is 2.25. The maximum Gasteiger partial charge on any atom is 0.257 e. The van der Waals surface area contributed by atoms with Gasteiger partial charge in [0.05, 0.1) is 30.1 Å². The smallest absolute Gasteiger partial charge is 0.257 e. The number of halogens is 3. The molecule has 12 heteroatoms. The van der Waals surface area contributed by atoms with Crippen molar-refractivity contribution in [3.8, 4) is 11.3 Å². The van der Waals surface area contributed by atoms with E-state index in [0.717, 1.165) is 13.0 Å². The maximum absolute atomic E-state index is 14.8. The van der Waals surface area contributed by atoms with Gasteiger partial charge in [0.2, 0.25) is 5.95 Å². The Labute approximate surface area is 252 Å². The summed E-state index contributed by atoms with van der Waals surface area (Å²) >= 11 is 6.30. The van der Waals surface area contributed by atoms with Crippen molar-refractivity contribution in [1.82, 2.24) is 20.6 Å². The Bertz CT molecular complexity index is 1690. The topological polar surface area (TPSA) is 130 Å². The number of carbonyl (C=O) groups excluding carboxylic acids is 1. The van der Waals surface area contributed by atoms with Gasteiger partial charge >= 0.3 is 0 Å². The van der Waals surface area contributed by atoms with Gasteiger partial charge < -0.3 is 16.4 Å². The van der Waals surface area contributed by atoms with Crippen LogP contribution >= 0.6 is 11.6 Å². The van der Waals surface area contributed by atoms with Crippen molar-refractivity contribution >= 4 is 40.8 Å². The Morgan fingerprint density at radius 3 is 2.56 bits per heavy atom. The lowest BCUT2D eigenvalue weighted by Gasteiger charge is -2.13. The van der Waals surface area contributed by atoms with Gasteiger partial charge in [-0.15, -0.1) is 0 Å². The number of nitrogens with two attached hydrogens (primary N) is 1. The van der Waals surface area contributed by atoms with Gasteiger partial charge in [-0.05, 0) is 61.5 Å². The van der Waals surface area contributed by atoms with Crippen LogP contribution in [0.4, 0.5) is 20.4 Å². The molecular weight excluding hydrogens is 574 g/mol. The van der Waals surface area contributed by atoms with E-state index in [9.17, 15) is 13.6 Å². The summed E-state index contributed by atoms with van der Waals surface area (Å²) in [5, 5.41) is 9.32. The molecule has 5 N–H and O–H groups in total. The van der Waals surface area contributed by atoms with Crippen molar-refractivity contribution in [3.63, 3.8) is 0 Å². The van der Waals surface area contributed by atoms with Crippen molar-refractivity contribution in [3.05, 3.63) is 106 Å². The zero-order valence-corrected chi connectivity index (χ0v) is 24.1. The molecule has 0 saturated heterocycles. The Hall–Kier alpha value is -4.74. The maximum atomic E-state index is 14.8. The molecule has 0 aliphatic carbocycles. The molecule has 1 amide bonds. The summed E-state index contributed by atoms with van der Waals surface area (Å²) in [6.07, 6.45) is 2.65. The van der Waals surface area contributed by atoms with Crippen LogP contribution in [0.3, 0.4) is 0 Å². The minimum absolute atomic E-state index is 0.0512. The fraction of sp³-hybridized carbons (Fsp3) is 0.194. The minimum atomic E-state index is -0.726. The van der Waals surface area contributed by atoms with E-state index >= 15 is 0 Å². The van der Waals surface area contributed by atoms with Crippen LogP contribution in [-0.4, -0.2) is 47.2 Å². The number of benzene rings is 3. The summed E-state index contributed by atoms with van der Waals surface area (Å²) in [4.78, 5) is 30.4. The van der Waals surface area contributed by atoms with E-state index in [2.05, 4.69) is 37.8 Å². The highest BCUT2D eigenvalue weighted by atomic mass is 35.5. The fourth-order valence-corrected chi connectivity index (χ4v) is 4.71. The summed E-state index contributed by atoms with van der Waals surface area (Å²) in [6, 6.07) is 15.4. The zero-order valence-electron chi connectivity index (χ0n) is 23.3. The summed E-state index contributed by atoms with van der Waals surface area (Å²) in [6.45, 7) is 4.21. The van der Waals surface area contributed by atoms with Gasteiger partial charge in [-0.1, -0.05) is 30.7 Å². The summed E-state index contributed by atoms with van der Waals surface area (Å²) in [5.74, 6) is -1.50. The van der Waals surface area contributed by atoms with Gasteiger partial charge in [0, 0.05) is 45.7 Å². The van der Waals surface area contributed by atoms with Crippen LogP contribution in [0.2, 0.25) is 5.02 Å². The number of hydrogen-bond donors (Lipinski definition) is 4. The number of nitrogens with one attached hydrogen (secondary N) is 3. The third-order valence-corrected chi connectivity index (χ3v) is 6.84. The molecule has 43 heavy (non-hydrogen) atoms. The molecule has 5 rings (SSSR count). The lowest BCUT2D eigenvalue weighted by molar-refractivity contribution is 0.0976.